The number of hydrogen-bond donors (Lipinski definition) is 2. The quantitative estimate of drug-likeness (QED) is 0.531. The van der Waals surface area contributed by atoms with Gasteiger partial charge in [0.05, 0.1) is 12.0 Å². The van der Waals surface area contributed by atoms with Crippen molar-refractivity contribution in [3.63, 3.8) is 0 Å². The minimum Gasteiger partial charge on any atom is -0.369 e. The predicted molar refractivity (Wildman–Crippen MR) is 36.4 cm³/mol. The number of nitrogens with two attached hydrogens (primary N) is 1. The van der Waals surface area contributed by atoms with E-state index < -0.39 is 17.6 Å². The summed E-state index contributed by atoms with van der Waals surface area (Å²) in [5.74, 6) is -2.16. The van der Waals surface area contributed by atoms with Crippen LogP contribution >= 0.6 is 0 Å². The summed E-state index contributed by atoms with van der Waals surface area (Å²) in [6.45, 7) is 0. The normalized spacial score (nSPS) is 48.1. The molecule has 4 heteroatoms. The van der Waals surface area contributed by atoms with Crippen LogP contribution in [-0.4, -0.2) is 22.9 Å². The molecule has 2 rings (SSSR count). The van der Waals surface area contributed by atoms with E-state index >= 15 is 0 Å². The fourth-order valence-electron chi connectivity index (χ4n) is 1.98. The molecule has 2 heterocycles. The zero-order chi connectivity index (χ0) is 8.06. The van der Waals surface area contributed by atoms with Gasteiger partial charge in [0, 0.05) is 6.42 Å². The number of aliphatic hydroxyl groups is 1. The molecule has 2 fully saturated rings. The molecule has 0 aliphatic carbocycles. The topological polar surface area (TPSA) is 72.6 Å². The van der Waals surface area contributed by atoms with Crippen molar-refractivity contribution < 1.29 is 14.6 Å². The molecule has 3 unspecified atom stereocenters. The highest BCUT2D eigenvalue weighted by Crippen LogP contribution is 2.45. The lowest BCUT2D eigenvalue weighted by atomic mass is 9.86. The average Bonchev–Trinajstić information content (AvgIpc) is 2.41. The van der Waals surface area contributed by atoms with Crippen LogP contribution in [0.15, 0.2) is 0 Å². The third-order valence-electron chi connectivity index (χ3n) is 2.58. The molecule has 0 aromatic rings. The molecule has 1 amide bonds. The van der Waals surface area contributed by atoms with E-state index in [-0.39, 0.29) is 6.10 Å². The molecule has 62 valence electrons. The van der Waals surface area contributed by atoms with E-state index in [1.165, 1.54) is 0 Å². The molecule has 3 atom stereocenters. The fourth-order valence-corrected chi connectivity index (χ4v) is 1.98. The summed E-state index contributed by atoms with van der Waals surface area (Å²) >= 11 is 0. The lowest BCUT2D eigenvalue weighted by Crippen LogP contribution is -2.41. The van der Waals surface area contributed by atoms with Crippen molar-refractivity contribution >= 4 is 5.91 Å². The van der Waals surface area contributed by atoms with Gasteiger partial charge < -0.3 is 15.6 Å². The Morgan fingerprint density at radius 3 is 2.73 bits per heavy atom. The van der Waals surface area contributed by atoms with Crippen molar-refractivity contribution in [2.45, 2.75) is 31.2 Å². The summed E-state index contributed by atoms with van der Waals surface area (Å²) in [7, 11) is 0. The zero-order valence-electron chi connectivity index (χ0n) is 6.12. The van der Waals surface area contributed by atoms with Crippen LogP contribution in [0.25, 0.3) is 0 Å². The number of ether oxygens (including phenoxy) is 1. The average molecular weight is 157 g/mol. The molecule has 2 aliphatic heterocycles. The van der Waals surface area contributed by atoms with Crippen molar-refractivity contribution in [2.75, 3.05) is 0 Å². The van der Waals surface area contributed by atoms with E-state index in [9.17, 15) is 9.90 Å². The van der Waals surface area contributed by atoms with E-state index in [0.717, 1.165) is 6.42 Å². The van der Waals surface area contributed by atoms with Gasteiger partial charge in [-0.25, -0.2) is 0 Å². The Morgan fingerprint density at radius 1 is 1.73 bits per heavy atom. The minimum atomic E-state index is -1.23. The molecule has 0 radical (unpaired) electrons. The molecule has 3 N–H and O–H groups in total. The highest BCUT2D eigenvalue weighted by Gasteiger charge is 2.54. The molecule has 11 heavy (non-hydrogen) atoms. The summed E-state index contributed by atoms with van der Waals surface area (Å²) in [5.41, 5.74) is 5.09. The van der Waals surface area contributed by atoms with Crippen LogP contribution in [-0.2, 0) is 9.53 Å². The number of fused-ring (bicyclic) bond motifs is 2. The van der Waals surface area contributed by atoms with Crippen molar-refractivity contribution in [3.8, 4) is 0 Å². The Morgan fingerprint density at radius 2 is 2.45 bits per heavy atom. The molecule has 2 aliphatic rings. The summed E-state index contributed by atoms with van der Waals surface area (Å²) in [6, 6.07) is 0. The Bertz CT molecular complexity index is 206. The lowest BCUT2D eigenvalue weighted by molar-refractivity contribution is -0.183. The second kappa shape index (κ2) is 1.95. The third-order valence-corrected chi connectivity index (χ3v) is 2.58. The minimum absolute atomic E-state index is 0.0532. The lowest BCUT2D eigenvalue weighted by Gasteiger charge is -2.23. The highest BCUT2D eigenvalue weighted by molar-refractivity contribution is 5.78. The van der Waals surface area contributed by atoms with Crippen molar-refractivity contribution in [1.29, 1.82) is 0 Å². The zero-order valence-corrected chi connectivity index (χ0v) is 6.12. The SMILES string of the molecule is NC(=O)C1CC2CCC1(O)O2. The summed E-state index contributed by atoms with van der Waals surface area (Å²) in [4.78, 5) is 10.8. The van der Waals surface area contributed by atoms with E-state index in [1.54, 1.807) is 0 Å². The standard InChI is InChI=1S/C7H11NO3/c8-6(9)5-3-4-1-2-7(5,10)11-4/h4-5,10H,1-3H2,(H2,8,9). The van der Waals surface area contributed by atoms with Gasteiger partial charge in [0.15, 0.2) is 5.79 Å². The molecular weight excluding hydrogens is 146 g/mol. The number of primary amides is 1. The number of amides is 1. The first-order chi connectivity index (χ1) is 5.12. The smallest absolute Gasteiger partial charge is 0.226 e. The number of carbonyl (C=O) groups is 1. The molecule has 2 bridgehead atoms. The van der Waals surface area contributed by atoms with Crippen LogP contribution in [0.5, 0.6) is 0 Å². The van der Waals surface area contributed by atoms with Gasteiger partial charge in [0.25, 0.3) is 0 Å². The van der Waals surface area contributed by atoms with Gasteiger partial charge in [0.2, 0.25) is 5.91 Å². The van der Waals surface area contributed by atoms with Crippen LogP contribution in [0.4, 0.5) is 0 Å². The van der Waals surface area contributed by atoms with Crippen LogP contribution in [0, 0.1) is 5.92 Å². The van der Waals surface area contributed by atoms with E-state index in [2.05, 4.69) is 0 Å². The molecule has 0 spiro atoms. The van der Waals surface area contributed by atoms with Crippen LogP contribution in [0.3, 0.4) is 0 Å². The van der Waals surface area contributed by atoms with Gasteiger partial charge in [-0.1, -0.05) is 0 Å². The maximum Gasteiger partial charge on any atom is 0.226 e. The van der Waals surface area contributed by atoms with E-state index in [1.807, 2.05) is 0 Å². The first-order valence-corrected chi connectivity index (χ1v) is 3.81. The Balaban J connectivity index is 2.21. The number of hydrogen-bond acceptors (Lipinski definition) is 3. The van der Waals surface area contributed by atoms with Crippen LogP contribution in [0.2, 0.25) is 0 Å². The van der Waals surface area contributed by atoms with Crippen molar-refractivity contribution in [1.82, 2.24) is 0 Å². The fraction of sp³-hybridized carbons (Fsp3) is 0.857. The monoisotopic (exact) mass is 157 g/mol. The summed E-state index contributed by atoms with van der Waals surface area (Å²) in [5, 5.41) is 9.65. The Labute approximate surface area is 64.3 Å². The summed E-state index contributed by atoms with van der Waals surface area (Å²) in [6.07, 6.45) is 2.04. The highest BCUT2D eigenvalue weighted by atomic mass is 16.6. The molecule has 4 nitrogen and oxygen atoms in total. The van der Waals surface area contributed by atoms with Gasteiger partial charge in [-0.3, -0.25) is 4.79 Å². The second-order valence-electron chi connectivity index (χ2n) is 3.31. The third kappa shape index (κ3) is 0.862. The molecule has 0 aromatic heterocycles. The molecule has 0 aromatic carbocycles. The molecular formula is C7H11NO3. The maximum absolute atomic E-state index is 10.8. The van der Waals surface area contributed by atoms with Gasteiger partial charge in [-0.05, 0) is 12.8 Å². The molecule has 0 saturated carbocycles. The van der Waals surface area contributed by atoms with Crippen LogP contribution in [0.1, 0.15) is 19.3 Å². The Hall–Kier alpha value is -0.610. The van der Waals surface area contributed by atoms with Crippen LogP contribution < -0.4 is 5.73 Å². The van der Waals surface area contributed by atoms with E-state index in [4.69, 9.17) is 10.5 Å². The van der Waals surface area contributed by atoms with Gasteiger partial charge in [-0.2, -0.15) is 0 Å². The van der Waals surface area contributed by atoms with Gasteiger partial charge in [0.1, 0.15) is 0 Å². The summed E-state index contributed by atoms with van der Waals surface area (Å²) < 4.78 is 5.19. The maximum atomic E-state index is 10.8. The number of rotatable bonds is 1. The largest absolute Gasteiger partial charge is 0.369 e. The van der Waals surface area contributed by atoms with Gasteiger partial charge >= 0.3 is 0 Å². The second-order valence-corrected chi connectivity index (χ2v) is 3.31. The first kappa shape index (κ1) is 7.06. The first-order valence-electron chi connectivity index (χ1n) is 3.81. The molecule has 2 saturated heterocycles. The van der Waals surface area contributed by atoms with Crippen molar-refractivity contribution in [3.05, 3.63) is 0 Å². The van der Waals surface area contributed by atoms with Gasteiger partial charge in [-0.15, -0.1) is 0 Å². The Kier molecular flexibility index (Phi) is 1.25. The van der Waals surface area contributed by atoms with E-state index in [0.29, 0.717) is 12.8 Å². The van der Waals surface area contributed by atoms with Crippen molar-refractivity contribution in [2.24, 2.45) is 11.7 Å². The number of carbonyl (C=O) groups excluding carboxylic acids is 1. The predicted octanol–water partition coefficient (Wildman–Crippen LogP) is -0.641.